The summed E-state index contributed by atoms with van der Waals surface area (Å²) in [4.78, 5) is 24.3. The van der Waals surface area contributed by atoms with Crippen LogP contribution in [0.3, 0.4) is 0 Å². The molecule has 5 rings (SSSR count). The Morgan fingerprint density at radius 2 is 2.11 bits per heavy atom. The maximum Gasteiger partial charge on any atom is 0.404 e. The Balaban J connectivity index is 1.74. The van der Waals surface area contributed by atoms with E-state index in [4.69, 9.17) is 10.8 Å². The minimum absolute atomic E-state index is 0.167. The Labute approximate surface area is 160 Å². The molecule has 1 aliphatic rings. The summed E-state index contributed by atoms with van der Waals surface area (Å²) in [6, 6.07) is 9.90. The van der Waals surface area contributed by atoms with Crippen molar-refractivity contribution in [1.82, 2.24) is 24.8 Å². The number of hydrogen-bond acceptors (Lipinski definition) is 5. The lowest BCUT2D eigenvalue weighted by molar-refractivity contribution is 0.186. The fraction of sp³-hybridized carbons (Fsp3) is 0.200. The Hall–Kier alpha value is -3.68. The van der Waals surface area contributed by atoms with Crippen molar-refractivity contribution in [3.05, 3.63) is 48.5 Å². The van der Waals surface area contributed by atoms with Gasteiger partial charge in [-0.3, -0.25) is 4.98 Å². The van der Waals surface area contributed by atoms with Gasteiger partial charge in [-0.1, -0.05) is 18.2 Å². The van der Waals surface area contributed by atoms with E-state index in [1.54, 1.807) is 0 Å². The van der Waals surface area contributed by atoms with Gasteiger partial charge in [-0.2, -0.15) is 0 Å². The first-order chi connectivity index (χ1) is 13.6. The first kappa shape index (κ1) is 16.5. The van der Waals surface area contributed by atoms with Crippen LogP contribution < -0.4 is 11.1 Å². The van der Waals surface area contributed by atoms with Gasteiger partial charge in [0, 0.05) is 34.9 Å². The highest BCUT2D eigenvalue weighted by molar-refractivity contribution is 6.03. The van der Waals surface area contributed by atoms with Crippen molar-refractivity contribution in [2.45, 2.75) is 25.4 Å². The molecule has 4 aromatic rings. The molecule has 140 valence electrons. The molecule has 1 aromatic carbocycles. The molecule has 1 unspecified atom stereocenters. The van der Waals surface area contributed by atoms with Crippen molar-refractivity contribution in [3.8, 4) is 11.1 Å². The number of amides is 1. The summed E-state index contributed by atoms with van der Waals surface area (Å²) in [6.45, 7) is 0.510. The van der Waals surface area contributed by atoms with Crippen LogP contribution in [-0.2, 0) is 13.0 Å². The predicted octanol–water partition coefficient (Wildman–Crippen LogP) is 2.81. The zero-order chi connectivity index (χ0) is 19.3. The molecule has 3 aromatic heterocycles. The monoisotopic (exact) mass is 374 g/mol. The normalized spacial score (nSPS) is 16.2. The van der Waals surface area contributed by atoms with Gasteiger partial charge in [-0.05, 0) is 25.0 Å². The van der Waals surface area contributed by atoms with Crippen LogP contribution in [0.2, 0.25) is 0 Å². The van der Waals surface area contributed by atoms with E-state index in [0.717, 1.165) is 38.8 Å². The topological polar surface area (TPSA) is 119 Å². The standard InChI is InChI=1S/C20H18N6O2/c21-18-17-16(12-7-11-3-1-2-4-14(11)22-8-12)15-6-5-13(25-20(27)28)9-26(15)19(17)24-10-23-18/h1-4,7-8,10,13,25H,5-6,9H2,(H,27,28)(H2,21,23,24). The summed E-state index contributed by atoms with van der Waals surface area (Å²) in [5, 5.41) is 13.5. The first-order valence-electron chi connectivity index (χ1n) is 9.08. The van der Waals surface area contributed by atoms with Gasteiger partial charge in [-0.25, -0.2) is 14.8 Å². The fourth-order valence-corrected chi connectivity index (χ4v) is 4.13. The molecular formula is C20H18N6O2. The molecule has 8 heteroatoms. The highest BCUT2D eigenvalue weighted by Crippen LogP contribution is 2.39. The molecule has 4 heterocycles. The van der Waals surface area contributed by atoms with E-state index in [1.165, 1.54) is 6.33 Å². The minimum atomic E-state index is -1.02. The average Bonchev–Trinajstić information content (AvgIpc) is 3.02. The molecule has 0 bridgehead atoms. The molecule has 0 saturated carbocycles. The number of pyridine rings is 1. The molecule has 4 N–H and O–H groups in total. The molecule has 1 atom stereocenters. The highest BCUT2D eigenvalue weighted by Gasteiger charge is 2.28. The Bertz CT molecular complexity index is 1230. The second-order valence-electron chi connectivity index (χ2n) is 6.99. The largest absolute Gasteiger partial charge is 0.465 e. The lowest BCUT2D eigenvalue weighted by atomic mass is 9.97. The summed E-state index contributed by atoms with van der Waals surface area (Å²) in [6.07, 6.45) is 3.71. The quantitative estimate of drug-likeness (QED) is 0.496. The maximum atomic E-state index is 11.1. The number of benzene rings is 1. The average molecular weight is 374 g/mol. The maximum absolute atomic E-state index is 11.1. The van der Waals surface area contributed by atoms with Crippen molar-refractivity contribution in [1.29, 1.82) is 0 Å². The number of para-hydroxylation sites is 1. The molecule has 1 amide bonds. The summed E-state index contributed by atoms with van der Waals surface area (Å²) in [5.74, 6) is 0.415. The van der Waals surface area contributed by atoms with Crippen LogP contribution in [0.4, 0.5) is 10.6 Å². The smallest absolute Gasteiger partial charge is 0.404 e. The van der Waals surface area contributed by atoms with E-state index in [2.05, 4.69) is 30.9 Å². The second kappa shape index (κ2) is 6.19. The van der Waals surface area contributed by atoms with Gasteiger partial charge in [0.25, 0.3) is 0 Å². The summed E-state index contributed by atoms with van der Waals surface area (Å²) >= 11 is 0. The number of aromatic nitrogens is 4. The van der Waals surface area contributed by atoms with Crippen molar-refractivity contribution < 1.29 is 9.90 Å². The molecule has 0 spiro atoms. The number of anilines is 1. The van der Waals surface area contributed by atoms with Gasteiger partial charge >= 0.3 is 6.09 Å². The van der Waals surface area contributed by atoms with E-state index >= 15 is 0 Å². The molecule has 0 aliphatic carbocycles. The van der Waals surface area contributed by atoms with Gasteiger partial charge in [-0.15, -0.1) is 0 Å². The van der Waals surface area contributed by atoms with Gasteiger partial charge in [0.15, 0.2) is 0 Å². The number of nitrogens with zero attached hydrogens (tertiary/aromatic N) is 4. The number of carboxylic acid groups (broad SMARTS) is 1. The molecule has 28 heavy (non-hydrogen) atoms. The van der Waals surface area contributed by atoms with Crippen molar-refractivity contribution in [3.63, 3.8) is 0 Å². The minimum Gasteiger partial charge on any atom is -0.465 e. The number of nitrogen functional groups attached to an aromatic ring is 1. The van der Waals surface area contributed by atoms with Crippen LogP contribution in [0.5, 0.6) is 0 Å². The van der Waals surface area contributed by atoms with Gasteiger partial charge in [0.2, 0.25) is 0 Å². The number of carbonyl (C=O) groups is 1. The molecule has 0 fully saturated rings. The third kappa shape index (κ3) is 2.53. The van der Waals surface area contributed by atoms with Crippen LogP contribution >= 0.6 is 0 Å². The van der Waals surface area contributed by atoms with E-state index in [9.17, 15) is 4.79 Å². The second-order valence-corrected chi connectivity index (χ2v) is 6.99. The number of nitrogens with two attached hydrogens (primary N) is 1. The predicted molar refractivity (Wildman–Crippen MR) is 106 cm³/mol. The highest BCUT2D eigenvalue weighted by atomic mass is 16.4. The summed E-state index contributed by atoms with van der Waals surface area (Å²) in [5.41, 5.74) is 10.9. The third-order valence-corrected chi connectivity index (χ3v) is 5.32. The lowest BCUT2D eigenvalue weighted by Gasteiger charge is -2.25. The zero-order valence-corrected chi connectivity index (χ0v) is 15.0. The van der Waals surface area contributed by atoms with Crippen molar-refractivity contribution >= 4 is 33.8 Å². The molecule has 0 radical (unpaired) electrons. The number of rotatable bonds is 2. The van der Waals surface area contributed by atoms with Crippen LogP contribution in [0, 0.1) is 0 Å². The Morgan fingerprint density at radius 1 is 1.25 bits per heavy atom. The number of hydrogen-bond donors (Lipinski definition) is 3. The molecule has 1 aliphatic heterocycles. The van der Waals surface area contributed by atoms with E-state index < -0.39 is 6.09 Å². The fourth-order valence-electron chi connectivity index (χ4n) is 4.13. The van der Waals surface area contributed by atoms with Gasteiger partial charge in [0.05, 0.1) is 16.9 Å². The van der Waals surface area contributed by atoms with E-state index in [1.807, 2.05) is 30.5 Å². The van der Waals surface area contributed by atoms with E-state index in [-0.39, 0.29) is 6.04 Å². The van der Waals surface area contributed by atoms with E-state index in [0.29, 0.717) is 25.2 Å². The van der Waals surface area contributed by atoms with Gasteiger partial charge in [0.1, 0.15) is 17.8 Å². The van der Waals surface area contributed by atoms with Crippen LogP contribution in [0.1, 0.15) is 12.1 Å². The van der Waals surface area contributed by atoms with Crippen LogP contribution in [0.25, 0.3) is 33.1 Å². The Kier molecular flexibility index (Phi) is 3.65. The molecule has 8 nitrogen and oxygen atoms in total. The summed E-state index contributed by atoms with van der Waals surface area (Å²) < 4.78 is 2.06. The third-order valence-electron chi connectivity index (χ3n) is 5.32. The molecule has 0 saturated heterocycles. The molecular weight excluding hydrogens is 356 g/mol. The van der Waals surface area contributed by atoms with Crippen LogP contribution in [0.15, 0.2) is 42.9 Å². The number of fused-ring (bicyclic) bond motifs is 4. The first-order valence-corrected chi connectivity index (χ1v) is 9.08. The summed E-state index contributed by atoms with van der Waals surface area (Å²) in [7, 11) is 0. The Morgan fingerprint density at radius 3 is 2.96 bits per heavy atom. The van der Waals surface area contributed by atoms with Crippen molar-refractivity contribution in [2.75, 3.05) is 5.73 Å². The zero-order valence-electron chi connectivity index (χ0n) is 15.0. The lowest BCUT2D eigenvalue weighted by Crippen LogP contribution is -2.40. The van der Waals surface area contributed by atoms with Crippen LogP contribution in [-0.4, -0.2) is 36.8 Å². The van der Waals surface area contributed by atoms with Gasteiger partial charge < -0.3 is 20.7 Å². The SMILES string of the molecule is Nc1ncnc2c1c(-c1cnc3ccccc3c1)c1n2CC(NC(=O)O)CC1. The number of nitrogens with one attached hydrogen (secondary N) is 1. The van der Waals surface area contributed by atoms with Crippen molar-refractivity contribution in [2.24, 2.45) is 0 Å².